The van der Waals surface area contributed by atoms with E-state index in [-0.39, 0.29) is 0 Å². The lowest BCUT2D eigenvalue weighted by Crippen LogP contribution is -2.33. The van der Waals surface area contributed by atoms with Gasteiger partial charge in [-0.3, -0.25) is 0 Å². The summed E-state index contributed by atoms with van der Waals surface area (Å²) in [6.07, 6.45) is 6.44. The molecule has 1 nitrogen and oxygen atoms in total. The molecule has 2 unspecified atom stereocenters. The van der Waals surface area contributed by atoms with Crippen LogP contribution in [0.5, 0.6) is 0 Å². The fourth-order valence-electron chi connectivity index (χ4n) is 3.36. The molecule has 2 rings (SSSR count). The maximum Gasteiger partial charge on any atom is 0.0439 e. The zero-order valence-electron chi connectivity index (χ0n) is 13.2. The predicted molar refractivity (Wildman–Crippen MR) is 93.3 cm³/mol. The fourth-order valence-corrected chi connectivity index (χ4v) is 3.75. The van der Waals surface area contributed by atoms with Crippen molar-refractivity contribution in [1.29, 1.82) is 0 Å². The van der Waals surface area contributed by atoms with E-state index in [1.165, 1.54) is 31.2 Å². The normalized spacial score (nSPS) is 22.7. The first kappa shape index (κ1) is 17.1. The molecule has 0 amide bonds. The summed E-state index contributed by atoms with van der Waals surface area (Å²) in [4.78, 5) is 0. The Morgan fingerprint density at radius 1 is 1.14 bits per heavy atom. The van der Waals surface area contributed by atoms with Crippen molar-refractivity contribution in [1.82, 2.24) is 5.32 Å². The fraction of sp³-hybridized carbons (Fsp3) is 0.667. The molecule has 0 saturated heterocycles. The highest BCUT2D eigenvalue weighted by Gasteiger charge is 2.25. The molecule has 0 aromatic heterocycles. The summed E-state index contributed by atoms with van der Waals surface area (Å²) in [7, 11) is 0. The van der Waals surface area contributed by atoms with Gasteiger partial charge in [-0.1, -0.05) is 49.9 Å². The van der Waals surface area contributed by atoms with Gasteiger partial charge < -0.3 is 5.32 Å². The summed E-state index contributed by atoms with van der Waals surface area (Å²) in [5.41, 5.74) is 1.21. The van der Waals surface area contributed by atoms with Gasteiger partial charge in [-0.2, -0.15) is 0 Å². The van der Waals surface area contributed by atoms with Crippen LogP contribution >= 0.6 is 23.2 Å². The van der Waals surface area contributed by atoms with Crippen LogP contribution in [0.3, 0.4) is 0 Å². The first-order valence-corrected chi connectivity index (χ1v) is 8.96. The zero-order chi connectivity index (χ0) is 15.2. The van der Waals surface area contributed by atoms with E-state index in [2.05, 4.69) is 19.2 Å². The average molecular weight is 328 g/mol. The second-order valence-electron chi connectivity index (χ2n) is 6.80. The van der Waals surface area contributed by atoms with Gasteiger partial charge in [-0.15, -0.1) is 0 Å². The highest BCUT2D eigenvalue weighted by Crippen LogP contribution is 2.34. The summed E-state index contributed by atoms with van der Waals surface area (Å²) in [5, 5.41) is 5.29. The molecule has 0 spiro atoms. The van der Waals surface area contributed by atoms with E-state index in [1.807, 2.05) is 18.2 Å². The zero-order valence-corrected chi connectivity index (χ0v) is 14.7. The van der Waals surface area contributed by atoms with Crippen molar-refractivity contribution in [3.63, 3.8) is 0 Å². The Kier molecular flexibility index (Phi) is 6.85. The van der Waals surface area contributed by atoms with Gasteiger partial charge in [-0.05, 0) is 73.9 Å². The van der Waals surface area contributed by atoms with E-state index >= 15 is 0 Å². The maximum absolute atomic E-state index is 6.33. The smallest absolute Gasteiger partial charge is 0.0439 e. The first-order valence-electron chi connectivity index (χ1n) is 8.21. The summed E-state index contributed by atoms with van der Waals surface area (Å²) in [5.74, 6) is 2.22. The Labute approximate surface area is 139 Å². The molecule has 21 heavy (non-hydrogen) atoms. The van der Waals surface area contributed by atoms with E-state index < -0.39 is 0 Å². The number of hydrogen-bond acceptors (Lipinski definition) is 1. The van der Waals surface area contributed by atoms with Gasteiger partial charge >= 0.3 is 0 Å². The summed E-state index contributed by atoms with van der Waals surface area (Å²) in [6, 6.07) is 5.83. The monoisotopic (exact) mass is 327 g/mol. The molecule has 1 aliphatic carbocycles. The largest absolute Gasteiger partial charge is 0.316 e. The van der Waals surface area contributed by atoms with E-state index in [1.54, 1.807) is 0 Å². The van der Waals surface area contributed by atoms with Crippen LogP contribution < -0.4 is 5.32 Å². The number of nitrogens with one attached hydrogen (secondary N) is 1. The first-order chi connectivity index (χ1) is 10.1. The lowest BCUT2D eigenvalue weighted by molar-refractivity contribution is 0.226. The molecule has 1 aromatic rings. The molecule has 0 heterocycles. The minimum Gasteiger partial charge on any atom is -0.316 e. The molecule has 118 valence electrons. The molecule has 2 atom stereocenters. The second kappa shape index (κ2) is 8.41. The molecule has 3 heteroatoms. The van der Waals surface area contributed by atoms with Gasteiger partial charge in [0.05, 0.1) is 0 Å². The lowest BCUT2D eigenvalue weighted by atomic mass is 9.76. The summed E-state index contributed by atoms with van der Waals surface area (Å²) < 4.78 is 0. The Morgan fingerprint density at radius 3 is 2.57 bits per heavy atom. The number of hydrogen-bond donors (Lipinski definition) is 1. The van der Waals surface area contributed by atoms with Crippen LogP contribution in [0.2, 0.25) is 10.0 Å². The predicted octanol–water partition coefficient (Wildman–Crippen LogP) is 5.59. The van der Waals surface area contributed by atoms with Gasteiger partial charge in [0, 0.05) is 10.0 Å². The van der Waals surface area contributed by atoms with E-state index in [0.717, 1.165) is 47.3 Å². The minimum absolute atomic E-state index is 0.717. The van der Waals surface area contributed by atoms with Gasteiger partial charge in [0.2, 0.25) is 0 Å². The van der Waals surface area contributed by atoms with Crippen molar-refractivity contribution in [2.75, 3.05) is 13.1 Å². The molecule has 1 saturated carbocycles. The molecule has 1 N–H and O–H groups in total. The van der Waals surface area contributed by atoms with Crippen molar-refractivity contribution in [3.8, 4) is 0 Å². The molecule has 1 fully saturated rings. The van der Waals surface area contributed by atoms with Gasteiger partial charge in [0.25, 0.3) is 0 Å². The Hall–Kier alpha value is -0.240. The SMILES string of the molecule is CC(C)CNCC1CCCCC1Cc1cc(Cl)ccc1Cl. The number of halogens is 2. The molecule has 1 aromatic carbocycles. The second-order valence-corrected chi connectivity index (χ2v) is 7.64. The molecular formula is C18H27Cl2N. The van der Waals surface area contributed by atoms with Crippen LogP contribution in [0, 0.1) is 17.8 Å². The highest BCUT2D eigenvalue weighted by molar-refractivity contribution is 6.33. The molecule has 1 aliphatic rings. The molecular weight excluding hydrogens is 301 g/mol. The van der Waals surface area contributed by atoms with E-state index in [4.69, 9.17) is 23.2 Å². The lowest BCUT2D eigenvalue weighted by Gasteiger charge is -2.32. The van der Waals surface area contributed by atoms with Crippen LogP contribution in [0.4, 0.5) is 0 Å². The molecule has 0 radical (unpaired) electrons. The third-order valence-corrected chi connectivity index (χ3v) is 5.12. The van der Waals surface area contributed by atoms with Crippen LogP contribution in [-0.2, 0) is 6.42 Å². The maximum atomic E-state index is 6.33. The van der Waals surface area contributed by atoms with Crippen LogP contribution in [0.15, 0.2) is 18.2 Å². The van der Waals surface area contributed by atoms with Crippen LogP contribution in [-0.4, -0.2) is 13.1 Å². The summed E-state index contributed by atoms with van der Waals surface area (Å²) in [6.45, 7) is 6.77. The van der Waals surface area contributed by atoms with Crippen molar-refractivity contribution >= 4 is 23.2 Å². The van der Waals surface area contributed by atoms with Crippen LogP contribution in [0.25, 0.3) is 0 Å². The van der Waals surface area contributed by atoms with Crippen LogP contribution in [0.1, 0.15) is 45.1 Å². The van der Waals surface area contributed by atoms with Crippen molar-refractivity contribution in [2.24, 2.45) is 17.8 Å². The quantitative estimate of drug-likeness (QED) is 0.718. The third-order valence-electron chi connectivity index (χ3n) is 4.52. The highest BCUT2D eigenvalue weighted by atomic mass is 35.5. The van der Waals surface area contributed by atoms with Gasteiger partial charge in [0.15, 0.2) is 0 Å². The van der Waals surface area contributed by atoms with E-state index in [0.29, 0.717) is 0 Å². The average Bonchev–Trinajstić information content (AvgIpc) is 2.44. The minimum atomic E-state index is 0.717. The van der Waals surface area contributed by atoms with Crippen molar-refractivity contribution < 1.29 is 0 Å². The van der Waals surface area contributed by atoms with E-state index in [9.17, 15) is 0 Å². The molecule has 0 bridgehead atoms. The number of benzene rings is 1. The summed E-state index contributed by atoms with van der Waals surface area (Å²) >= 11 is 12.5. The third kappa shape index (κ3) is 5.47. The van der Waals surface area contributed by atoms with Crippen molar-refractivity contribution in [2.45, 2.75) is 46.0 Å². The van der Waals surface area contributed by atoms with Crippen molar-refractivity contribution in [3.05, 3.63) is 33.8 Å². The Balaban J connectivity index is 1.96. The van der Waals surface area contributed by atoms with Gasteiger partial charge in [0.1, 0.15) is 0 Å². The Bertz CT molecular complexity index is 445. The topological polar surface area (TPSA) is 12.0 Å². The standard InChI is InChI=1S/C18H27Cl2N/c1-13(2)11-21-12-15-6-4-3-5-14(15)9-16-10-17(19)7-8-18(16)20/h7-8,10,13-15,21H,3-6,9,11-12H2,1-2H3. The molecule has 0 aliphatic heterocycles. The van der Waals surface area contributed by atoms with Gasteiger partial charge in [-0.25, -0.2) is 0 Å². The number of rotatable bonds is 6. The Morgan fingerprint density at radius 2 is 1.86 bits per heavy atom.